The summed E-state index contributed by atoms with van der Waals surface area (Å²) >= 11 is 0. The molecule has 0 unspecified atom stereocenters. The highest BCUT2D eigenvalue weighted by Gasteiger charge is 2.65. The fraction of sp³-hybridized carbons (Fsp3) is 1.00. The summed E-state index contributed by atoms with van der Waals surface area (Å²) in [5, 5.41) is 0. The van der Waals surface area contributed by atoms with Crippen LogP contribution in [0.2, 0.25) is 0 Å². The SMILES string of the molecule is CC1CC2(CCC2(F)F)C1. The first kappa shape index (κ1) is 6.56. The average molecular weight is 146 g/mol. The maximum atomic E-state index is 12.8. The van der Waals surface area contributed by atoms with Crippen LogP contribution in [0.1, 0.15) is 32.6 Å². The molecule has 2 heteroatoms. The van der Waals surface area contributed by atoms with Crippen molar-refractivity contribution in [2.75, 3.05) is 0 Å². The zero-order chi connectivity index (χ0) is 7.41. The van der Waals surface area contributed by atoms with E-state index in [1.165, 1.54) is 0 Å². The van der Waals surface area contributed by atoms with Crippen LogP contribution in [-0.4, -0.2) is 5.92 Å². The summed E-state index contributed by atoms with van der Waals surface area (Å²) in [5.41, 5.74) is -0.521. The molecule has 0 radical (unpaired) electrons. The molecule has 0 nitrogen and oxygen atoms in total. The third kappa shape index (κ3) is 0.553. The number of halogens is 2. The molecule has 58 valence electrons. The van der Waals surface area contributed by atoms with E-state index in [2.05, 4.69) is 6.92 Å². The van der Waals surface area contributed by atoms with Gasteiger partial charge in [-0.05, 0) is 25.2 Å². The van der Waals surface area contributed by atoms with Crippen LogP contribution in [0, 0.1) is 11.3 Å². The number of hydrogen-bond donors (Lipinski definition) is 0. The van der Waals surface area contributed by atoms with Crippen molar-refractivity contribution in [3.63, 3.8) is 0 Å². The molecule has 0 heterocycles. The first-order chi connectivity index (χ1) is 4.56. The van der Waals surface area contributed by atoms with Crippen molar-refractivity contribution in [3.8, 4) is 0 Å². The van der Waals surface area contributed by atoms with E-state index in [9.17, 15) is 8.78 Å². The molecule has 2 aliphatic carbocycles. The van der Waals surface area contributed by atoms with Gasteiger partial charge in [-0.15, -0.1) is 0 Å². The van der Waals surface area contributed by atoms with Gasteiger partial charge < -0.3 is 0 Å². The molecule has 0 aromatic carbocycles. The van der Waals surface area contributed by atoms with Gasteiger partial charge in [-0.3, -0.25) is 0 Å². The normalized spacial score (nSPS) is 50.1. The first-order valence-corrected chi connectivity index (χ1v) is 3.94. The van der Waals surface area contributed by atoms with Gasteiger partial charge in [0.1, 0.15) is 0 Å². The van der Waals surface area contributed by atoms with Crippen molar-refractivity contribution in [1.29, 1.82) is 0 Å². The lowest BCUT2D eigenvalue weighted by Gasteiger charge is -2.58. The van der Waals surface area contributed by atoms with Crippen molar-refractivity contribution in [2.24, 2.45) is 11.3 Å². The van der Waals surface area contributed by atoms with Gasteiger partial charge in [-0.2, -0.15) is 0 Å². The lowest BCUT2D eigenvalue weighted by Crippen LogP contribution is -2.57. The van der Waals surface area contributed by atoms with E-state index in [-0.39, 0.29) is 6.42 Å². The summed E-state index contributed by atoms with van der Waals surface area (Å²) in [5.74, 6) is -1.76. The van der Waals surface area contributed by atoms with Crippen LogP contribution in [0.4, 0.5) is 8.78 Å². The Kier molecular flexibility index (Phi) is 1.01. The van der Waals surface area contributed by atoms with Gasteiger partial charge in [-0.25, -0.2) is 8.78 Å². The molecular formula is C8H12F2. The summed E-state index contributed by atoms with van der Waals surface area (Å²) < 4.78 is 25.6. The molecule has 2 fully saturated rings. The molecule has 0 atom stereocenters. The highest BCUT2D eigenvalue weighted by atomic mass is 19.3. The van der Waals surface area contributed by atoms with Crippen molar-refractivity contribution >= 4 is 0 Å². The van der Waals surface area contributed by atoms with E-state index in [0.717, 1.165) is 19.3 Å². The Hall–Kier alpha value is -0.140. The van der Waals surface area contributed by atoms with E-state index >= 15 is 0 Å². The highest BCUT2D eigenvalue weighted by molar-refractivity contribution is 5.08. The van der Waals surface area contributed by atoms with Crippen LogP contribution in [-0.2, 0) is 0 Å². The fourth-order valence-electron chi connectivity index (χ4n) is 2.44. The number of rotatable bonds is 0. The summed E-state index contributed by atoms with van der Waals surface area (Å²) in [4.78, 5) is 0. The van der Waals surface area contributed by atoms with Crippen molar-refractivity contribution in [2.45, 2.75) is 38.5 Å². The van der Waals surface area contributed by atoms with Crippen molar-refractivity contribution in [1.82, 2.24) is 0 Å². The van der Waals surface area contributed by atoms with Gasteiger partial charge in [0.2, 0.25) is 0 Å². The molecule has 0 aromatic heterocycles. The third-order valence-electron chi connectivity index (χ3n) is 3.17. The first-order valence-electron chi connectivity index (χ1n) is 3.94. The number of alkyl halides is 2. The molecule has 2 aliphatic rings. The Morgan fingerprint density at radius 1 is 1.20 bits per heavy atom. The molecule has 0 aliphatic heterocycles. The molecule has 10 heavy (non-hydrogen) atoms. The average Bonchev–Trinajstić information content (AvgIpc) is 1.78. The molecule has 0 saturated heterocycles. The molecule has 2 rings (SSSR count). The van der Waals surface area contributed by atoms with Crippen LogP contribution in [0.25, 0.3) is 0 Å². The minimum Gasteiger partial charge on any atom is -0.206 e. The molecule has 0 N–H and O–H groups in total. The van der Waals surface area contributed by atoms with Gasteiger partial charge >= 0.3 is 0 Å². The second kappa shape index (κ2) is 1.54. The van der Waals surface area contributed by atoms with E-state index in [0.29, 0.717) is 5.92 Å². The predicted molar refractivity (Wildman–Crippen MR) is 35.0 cm³/mol. The van der Waals surface area contributed by atoms with Gasteiger partial charge in [0.05, 0.1) is 0 Å². The molecular weight excluding hydrogens is 134 g/mol. The van der Waals surface area contributed by atoms with E-state index in [4.69, 9.17) is 0 Å². The number of hydrogen-bond acceptors (Lipinski definition) is 0. The second-order valence-electron chi connectivity index (χ2n) is 4.00. The largest absolute Gasteiger partial charge is 0.253 e. The Bertz CT molecular complexity index is 157. The Balaban J connectivity index is 2.07. The van der Waals surface area contributed by atoms with Gasteiger partial charge in [0, 0.05) is 11.8 Å². The fourth-order valence-corrected chi connectivity index (χ4v) is 2.44. The predicted octanol–water partition coefficient (Wildman–Crippen LogP) is 2.83. The summed E-state index contributed by atoms with van der Waals surface area (Å²) in [6, 6.07) is 0. The topological polar surface area (TPSA) is 0 Å². The minimum atomic E-state index is -2.31. The van der Waals surface area contributed by atoms with Crippen LogP contribution in [0.5, 0.6) is 0 Å². The summed E-state index contributed by atoms with van der Waals surface area (Å²) in [6.45, 7) is 2.06. The molecule has 0 amide bonds. The van der Waals surface area contributed by atoms with E-state index in [1.807, 2.05) is 0 Å². The van der Waals surface area contributed by atoms with Gasteiger partial charge in [0.15, 0.2) is 0 Å². The Morgan fingerprint density at radius 2 is 1.80 bits per heavy atom. The van der Waals surface area contributed by atoms with E-state index in [1.54, 1.807) is 0 Å². The standard InChI is InChI=1S/C8H12F2/c1-6-4-7(5-6)2-3-8(7,9)10/h6H,2-5H2,1H3. The molecule has 2 saturated carbocycles. The molecule has 0 bridgehead atoms. The van der Waals surface area contributed by atoms with Gasteiger partial charge in [0.25, 0.3) is 5.92 Å². The quantitative estimate of drug-likeness (QED) is 0.493. The van der Waals surface area contributed by atoms with Crippen LogP contribution in [0.15, 0.2) is 0 Å². The maximum Gasteiger partial charge on any atom is 0.253 e. The molecule has 0 aromatic rings. The lowest BCUT2D eigenvalue weighted by atomic mass is 9.50. The Labute approximate surface area is 59.6 Å². The summed E-state index contributed by atoms with van der Waals surface area (Å²) in [6.07, 6.45) is 2.43. The monoisotopic (exact) mass is 146 g/mol. The smallest absolute Gasteiger partial charge is 0.206 e. The van der Waals surface area contributed by atoms with Crippen molar-refractivity contribution < 1.29 is 8.78 Å². The highest BCUT2D eigenvalue weighted by Crippen LogP contribution is 2.66. The minimum absolute atomic E-state index is 0.139. The molecule has 1 spiro atoms. The van der Waals surface area contributed by atoms with E-state index < -0.39 is 11.3 Å². The third-order valence-corrected chi connectivity index (χ3v) is 3.17. The summed E-state index contributed by atoms with van der Waals surface area (Å²) in [7, 11) is 0. The lowest BCUT2D eigenvalue weighted by molar-refractivity contribution is -0.251. The van der Waals surface area contributed by atoms with Crippen LogP contribution >= 0.6 is 0 Å². The zero-order valence-electron chi connectivity index (χ0n) is 6.16. The second-order valence-corrected chi connectivity index (χ2v) is 4.00. The van der Waals surface area contributed by atoms with Crippen molar-refractivity contribution in [3.05, 3.63) is 0 Å². The van der Waals surface area contributed by atoms with Crippen LogP contribution in [0.3, 0.4) is 0 Å². The maximum absolute atomic E-state index is 12.8. The Morgan fingerprint density at radius 3 is 1.90 bits per heavy atom. The van der Waals surface area contributed by atoms with Crippen LogP contribution < -0.4 is 0 Å². The van der Waals surface area contributed by atoms with Gasteiger partial charge in [-0.1, -0.05) is 6.92 Å². The zero-order valence-corrected chi connectivity index (χ0v) is 6.16.